The third kappa shape index (κ3) is 5.23. The highest BCUT2D eigenvalue weighted by molar-refractivity contribution is 7.24. The fourth-order valence-electron chi connectivity index (χ4n) is 6.15. The molecule has 1 nitrogen and oxygen atoms in total. The zero-order valence-electron chi connectivity index (χ0n) is 23.5. The van der Waals surface area contributed by atoms with Crippen LogP contribution in [0.15, 0.2) is 163 Å². The standard InChI is InChI=1S/C37H36OSi2/c1-30(38)36(31-19-9-4-10-20-31)29-37(39(2,32-21-11-5-12-22-32)33-23-13-6-14-24-33)40(3,34-25-15-7-16-26-34)35-27-17-8-18-28-35/h4-29,36H,1-3H3. The summed E-state index contributed by atoms with van der Waals surface area (Å²) < 4.78 is 0. The minimum atomic E-state index is -2.60. The summed E-state index contributed by atoms with van der Waals surface area (Å²) >= 11 is 0. The molecule has 3 heteroatoms. The second-order valence-electron chi connectivity index (χ2n) is 10.8. The molecule has 5 rings (SSSR count). The first kappa shape index (κ1) is 27.5. The zero-order chi connectivity index (χ0) is 28.0. The fraction of sp³-hybridized carbons (Fsp3) is 0.108. The summed E-state index contributed by atoms with van der Waals surface area (Å²) in [4.78, 5) is 14.9. The highest BCUT2D eigenvalue weighted by Crippen LogP contribution is 2.31. The van der Waals surface area contributed by atoms with Crippen LogP contribution in [0.2, 0.25) is 13.1 Å². The van der Waals surface area contributed by atoms with Gasteiger partial charge in [0.15, 0.2) is 0 Å². The predicted molar refractivity (Wildman–Crippen MR) is 175 cm³/mol. The average Bonchev–Trinajstić information content (AvgIpc) is 3.03. The van der Waals surface area contributed by atoms with E-state index in [-0.39, 0.29) is 11.7 Å². The van der Waals surface area contributed by atoms with E-state index in [1.807, 2.05) is 18.2 Å². The molecule has 0 amide bonds. The summed E-state index contributed by atoms with van der Waals surface area (Å²) in [6, 6.07) is 54.3. The van der Waals surface area contributed by atoms with Crippen molar-refractivity contribution >= 4 is 42.7 Å². The first-order valence-electron chi connectivity index (χ1n) is 14.0. The fourth-order valence-corrected chi connectivity index (χ4v) is 18.2. The molecule has 5 aromatic rings. The lowest BCUT2D eigenvalue weighted by Gasteiger charge is -2.43. The quantitative estimate of drug-likeness (QED) is 0.201. The Morgan fingerprint density at radius 3 is 1.05 bits per heavy atom. The minimum absolute atomic E-state index is 0.165. The maximum absolute atomic E-state index is 13.5. The van der Waals surface area contributed by atoms with Gasteiger partial charge in [0, 0.05) is 0 Å². The number of allylic oxidation sites excluding steroid dienone is 1. The van der Waals surface area contributed by atoms with Gasteiger partial charge in [0.05, 0.1) is 5.92 Å². The van der Waals surface area contributed by atoms with Crippen LogP contribution < -0.4 is 20.7 Å². The molecule has 0 aromatic heterocycles. The van der Waals surface area contributed by atoms with Crippen LogP contribution in [0.3, 0.4) is 0 Å². The second-order valence-corrected chi connectivity index (χ2v) is 19.2. The number of ketones is 1. The van der Waals surface area contributed by atoms with Crippen LogP contribution in [0.4, 0.5) is 0 Å². The van der Waals surface area contributed by atoms with E-state index in [4.69, 9.17) is 0 Å². The van der Waals surface area contributed by atoms with E-state index in [1.165, 1.54) is 25.6 Å². The Morgan fingerprint density at radius 2 is 0.775 bits per heavy atom. The van der Waals surface area contributed by atoms with Crippen molar-refractivity contribution in [3.8, 4) is 0 Å². The van der Waals surface area contributed by atoms with E-state index in [9.17, 15) is 4.79 Å². The third-order valence-corrected chi connectivity index (χ3v) is 19.9. The molecule has 0 aliphatic carbocycles. The highest BCUT2D eigenvalue weighted by Gasteiger charge is 2.48. The molecule has 0 N–H and O–H groups in total. The van der Waals surface area contributed by atoms with Crippen LogP contribution in [0.5, 0.6) is 0 Å². The van der Waals surface area contributed by atoms with Crippen molar-refractivity contribution in [2.45, 2.75) is 25.9 Å². The van der Waals surface area contributed by atoms with Crippen molar-refractivity contribution in [3.63, 3.8) is 0 Å². The lowest BCUT2D eigenvalue weighted by molar-refractivity contribution is -0.117. The van der Waals surface area contributed by atoms with E-state index in [1.54, 1.807) is 6.92 Å². The highest BCUT2D eigenvalue weighted by atomic mass is 28.4. The van der Waals surface area contributed by atoms with E-state index < -0.39 is 16.1 Å². The van der Waals surface area contributed by atoms with Gasteiger partial charge in [0.1, 0.15) is 21.9 Å². The number of benzene rings is 5. The van der Waals surface area contributed by atoms with E-state index in [2.05, 4.69) is 153 Å². The van der Waals surface area contributed by atoms with Crippen molar-refractivity contribution in [1.82, 2.24) is 0 Å². The summed E-state index contributed by atoms with van der Waals surface area (Å²) in [5.41, 5.74) is 1.04. The van der Waals surface area contributed by atoms with Crippen LogP contribution in [0.1, 0.15) is 18.4 Å². The molecule has 0 aliphatic heterocycles. The molecule has 0 radical (unpaired) electrons. The Kier molecular flexibility index (Phi) is 8.25. The average molecular weight is 553 g/mol. The van der Waals surface area contributed by atoms with Crippen molar-refractivity contribution < 1.29 is 4.79 Å². The summed E-state index contributed by atoms with van der Waals surface area (Å²) in [7, 11) is -5.21. The number of carbonyl (C=O) groups excluding carboxylic acids is 1. The van der Waals surface area contributed by atoms with Crippen LogP contribution in [0.25, 0.3) is 0 Å². The summed E-state index contributed by atoms with van der Waals surface area (Å²) in [6.07, 6.45) is 2.39. The van der Waals surface area contributed by atoms with Gasteiger partial charge in [-0.1, -0.05) is 196 Å². The molecule has 0 bridgehead atoms. The van der Waals surface area contributed by atoms with Crippen LogP contribution in [0, 0.1) is 0 Å². The Morgan fingerprint density at radius 1 is 0.500 bits per heavy atom. The first-order valence-corrected chi connectivity index (χ1v) is 19.0. The molecule has 1 atom stereocenters. The molecule has 0 spiro atoms. The number of hydrogen-bond acceptors (Lipinski definition) is 1. The number of hydrogen-bond donors (Lipinski definition) is 0. The van der Waals surface area contributed by atoms with Crippen LogP contribution >= 0.6 is 0 Å². The maximum Gasteiger partial charge on any atom is 0.141 e. The van der Waals surface area contributed by atoms with Gasteiger partial charge in [-0.05, 0) is 12.5 Å². The zero-order valence-corrected chi connectivity index (χ0v) is 25.5. The van der Waals surface area contributed by atoms with Gasteiger partial charge in [-0.2, -0.15) is 0 Å². The molecular weight excluding hydrogens is 517 g/mol. The SMILES string of the molecule is CC(=O)C(C=C([Si](C)(c1ccccc1)c1ccccc1)[Si](C)(c1ccccc1)c1ccccc1)c1ccccc1. The monoisotopic (exact) mass is 552 g/mol. The molecule has 198 valence electrons. The Balaban J connectivity index is 1.93. The molecule has 0 saturated carbocycles. The van der Waals surface area contributed by atoms with Crippen LogP contribution in [-0.4, -0.2) is 21.9 Å². The van der Waals surface area contributed by atoms with Crippen molar-refractivity contribution in [3.05, 3.63) is 168 Å². The Hall–Kier alpha value is -4.06. The lowest BCUT2D eigenvalue weighted by atomic mass is 9.96. The molecule has 1 unspecified atom stereocenters. The number of Topliss-reactive ketones (excluding diaryl/α,β-unsaturated/α-hetero) is 1. The van der Waals surface area contributed by atoms with Crippen molar-refractivity contribution in [2.24, 2.45) is 0 Å². The lowest BCUT2D eigenvalue weighted by Crippen LogP contribution is -2.70. The van der Waals surface area contributed by atoms with Gasteiger partial charge < -0.3 is 0 Å². The normalized spacial score (nSPS) is 12.4. The molecular formula is C37H36OSi2. The Bertz CT molecular complexity index is 1390. The van der Waals surface area contributed by atoms with Crippen molar-refractivity contribution in [1.29, 1.82) is 0 Å². The largest absolute Gasteiger partial charge is 0.299 e. The van der Waals surface area contributed by atoms with Gasteiger partial charge in [0.2, 0.25) is 0 Å². The Labute approximate surface area is 240 Å². The molecule has 40 heavy (non-hydrogen) atoms. The summed E-state index contributed by atoms with van der Waals surface area (Å²) in [6.45, 7) is 6.71. The summed E-state index contributed by atoms with van der Waals surface area (Å²) in [5, 5.41) is 5.42. The molecule has 0 heterocycles. The topological polar surface area (TPSA) is 17.1 Å². The van der Waals surface area contributed by atoms with E-state index in [0.717, 1.165) is 5.56 Å². The molecule has 0 aliphatic rings. The van der Waals surface area contributed by atoms with E-state index in [0.29, 0.717) is 0 Å². The molecule has 0 fully saturated rings. The second kappa shape index (κ2) is 12.0. The first-order chi connectivity index (χ1) is 19.5. The van der Waals surface area contributed by atoms with Gasteiger partial charge >= 0.3 is 0 Å². The number of rotatable bonds is 9. The van der Waals surface area contributed by atoms with Gasteiger partial charge in [-0.25, -0.2) is 0 Å². The van der Waals surface area contributed by atoms with Crippen LogP contribution in [-0.2, 0) is 4.79 Å². The maximum atomic E-state index is 13.5. The number of carbonyl (C=O) groups is 1. The molecule has 5 aromatic carbocycles. The van der Waals surface area contributed by atoms with Gasteiger partial charge in [-0.3, -0.25) is 4.79 Å². The van der Waals surface area contributed by atoms with Gasteiger partial charge in [0.25, 0.3) is 0 Å². The van der Waals surface area contributed by atoms with Crippen molar-refractivity contribution in [2.75, 3.05) is 0 Å². The predicted octanol–water partition coefficient (Wildman–Crippen LogP) is 6.15. The smallest absolute Gasteiger partial charge is 0.141 e. The van der Waals surface area contributed by atoms with Gasteiger partial charge in [-0.15, -0.1) is 0 Å². The minimum Gasteiger partial charge on any atom is -0.299 e. The third-order valence-electron chi connectivity index (χ3n) is 8.41. The summed E-state index contributed by atoms with van der Waals surface area (Å²) in [5.74, 6) is -0.159. The van der Waals surface area contributed by atoms with E-state index >= 15 is 0 Å². The molecule has 0 saturated heterocycles.